The average molecular weight is 364 g/mol. The summed E-state index contributed by atoms with van der Waals surface area (Å²) >= 11 is 0. The number of hydrogen-bond acceptors (Lipinski definition) is 3. The third kappa shape index (κ3) is 3.92. The Morgan fingerprint density at radius 3 is 1.41 bits per heavy atom. The molecule has 2 aromatic carbocycles. The maximum absolute atomic E-state index is 12.9. The Labute approximate surface area is 159 Å². The number of hydrogen-bond donors (Lipinski definition) is 0. The van der Waals surface area contributed by atoms with Crippen LogP contribution in [0.4, 0.5) is 4.79 Å². The number of imide groups is 2. The molecule has 5 heteroatoms. The van der Waals surface area contributed by atoms with E-state index in [9.17, 15) is 14.4 Å². The Balaban J connectivity index is 1.76. The first-order valence-corrected chi connectivity index (χ1v) is 9.17. The fourth-order valence-corrected chi connectivity index (χ4v) is 3.25. The maximum atomic E-state index is 12.9. The van der Waals surface area contributed by atoms with Gasteiger partial charge in [-0.1, -0.05) is 60.7 Å². The summed E-state index contributed by atoms with van der Waals surface area (Å²) in [5.74, 6) is -0.853. The molecule has 0 bridgehead atoms. The molecule has 0 atom stereocenters. The van der Waals surface area contributed by atoms with Gasteiger partial charge < -0.3 is 0 Å². The quantitative estimate of drug-likeness (QED) is 0.739. The molecule has 1 aliphatic heterocycles. The first kappa shape index (κ1) is 18.8. The van der Waals surface area contributed by atoms with Crippen molar-refractivity contribution in [3.63, 3.8) is 0 Å². The van der Waals surface area contributed by atoms with Crippen LogP contribution in [0.3, 0.4) is 0 Å². The average Bonchev–Trinajstić information content (AvgIpc) is 2.68. The van der Waals surface area contributed by atoms with Gasteiger partial charge in [0.25, 0.3) is 0 Å². The van der Waals surface area contributed by atoms with E-state index < -0.39 is 23.3 Å². The van der Waals surface area contributed by atoms with Crippen molar-refractivity contribution in [2.75, 3.05) is 13.1 Å². The fourth-order valence-electron chi connectivity index (χ4n) is 3.25. The van der Waals surface area contributed by atoms with Gasteiger partial charge in [0.2, 0.25) is 11.8 Å². The number of amides is 4. The second-order valence-electron chi connectivity index (χ2n) is 7.29. The van der Waals surface area contributed by atoms with E-state index in [1.54, 1.807) is 13.8 Å². The number of barbiturate groups is 1. The van der Waals surface area contributed by atoms with Crippen LogP contribution in [0.5, 0.6) is 0 Å². The molecule has 5 nitrogen and oxygen atoms in total. The summed E-state index contributed by atoms with van der Waals surface area (Å²) in [6.07, 6.45) is 1.13. The highest BCUT2D eigenvalue weighted by molar-refractivity contribution is 6.18. The lowest BCUT2D eigenvalue weighted by molar-refractivity contribution is -0.156. The van der Waals surface area contributed by atoms with E-state index in [-0.39, 0.29) is 13.1 Å². The second kappa shape index (κ2) is 7.74. The molecule has 0 saturated carbocycles. The number of nitrogens with zero attached hydrogens (tertiary/aromatic N) is 2. The summed E-state index contributed by atoms with van der Waals surface area (Å²) in [7, 11) is 0. The molecular formula is C22H24N2O3. The van der Waals surface area contributed by atoms with E-state index in [4.69, 9.17) is 0 Å². The van der Waals surface area contributed by atoms with E-state index in [0.29, 0.717) is 12.8 Å². The minimum Gasteiger partial charge on any atom is -0.273 e. The molecule has 1 aliphatic rings. The lowest BCUT2D eigenvalue weighted by Crippen LogP contribution is -2.63. The second-order valence-corrected chi connectivity index (χ2v) is 7.29. The molecule has 0 radical (unpaired) electrons. The highest BCUT2D eigenvalue weighted by atomic mass is 16.2. The third-order valence-corrected chi connectivity index (χ3v) is 4.96. The normalized spacial score (nSPS) is 16.7. The Morgan fingerprint density at radius 1 is 0.667 bits per heavy atom. The lowest BCUT2D eigenvalue weighted by atomic mass is 9.87. The summed E-state index contributed by atoms with van der Waals surface area (Å²) in [5, 5.41) is 0. The number of urea groups is 1. The molecular weight excluding hydrogens is 340 g/mol. The smallest absolute Gasteiger partial charge is 0.273 e. The molecule has 1 saturated heterocycles. The molecule has 0 aromatic heterocycles. The molecule has 2 aromatic rings. The molecule has 0 spiro atoms. The van der Waals surface area contributed by atoms with Crippen molar-refractivity contribution in [2.45, 2.75) is 26.7 Å². The summed E-state index contributed by atoms with van der Waals surface area (Å²) < 4.78 is 0. The van der Waals surface area contributed by atoms with Crippen molar-refractivity contribution in [1.82, 2.24) is 9.80 Å². The zero-order chi connectivity index (χ0) is 19.4. The number of carbonyl (C=O) groups is 3. The molecule has 1 heterocycles. The minimum absolute atomic E-state index is 0.264. The van der Waals surface area contributed by atoms with Crippen LogP contribution in [-0.2, 0) is 22.4 Å². The van der Waals surface area contributed by atoms with Crippen molar-refractivity contribution in [1.29, 1.82) is 0 Å². The summed E-state index contributed by atoms with van der Waals surface area (Å²) in [4.78, 5) is 40.9. The monoisotopic (exact) mass is 364 g/mol. The van der Waals surface area contributed by atoms with Gasteiger partial charge in [-0.15, -0.1) is 0 Å². The highest BCUT2D eigenvalue weighted by Crippen LogP contribution is 2.29. The van der Waals surface area contributed by atoms with Gasteiger partial charge in [0.15, 0.2) is 0 Å². The van der Waals surface area contributed by atoms with E-state index in [2.05, 4.69) is 0 Å². The van der Waals surface area contributed by atoms with Crippen molar-refractivity contribution < 1.29 is 14.4 Å². The number of carbonyl (C=O) groups excluding carboxylic acids is 3. The van der Waals surface area contributed by atoms with Gasteiger partial charge in [0.1, 0.15) is 5.41 Å². The molecule has 0 N–H and O–H groups in total. The van der Waals surface area contributed by atoms with E-state index >= 15 is 0 Å². The first-order valence-electron chi connectivity index (χ1n) is 9.17. The van der Waals surface area contributed by atoms with Crippen molar-refractivity contribution in [2.24, 2.45) is 5.41 Å². The molecule has 0 aliphatic carbocycles. The van der Waals surface area contributed by atoms with Crippen molar-refractivity contribution >= 4 is 17.8 Å². The number of rotatable bonds is 6. The first-order chi connectivity index (χ1) is 12.9. The summed E-state index contributed by atoms with van der Waals surface area (Å²) in [6, 6.07) is 18.9. The van der Waals surface area contributed by atoms with Gasteiger partial charge in [0.05, 0.1) is 0 Å². The van der Waals surface area contributed by atoms with Crippen LogP contribution in [0.1, 0.15) is 25.0 Å². The van der Waals surface area contributed by atoms with Crippen LogP contribution < -0.4 is 0 Å². The molecule has 0 unspecified atom stereocenters. The van der Waals surface area contributed by atoms with E-state index in [0.717, 1.165) is 11.1 Å². The van der Waals surface area contributed by atoms with Gasteiger partial charge in [-0.2, -0.15) is 0 Å². The zero-order valence-electron chi connectivity index (χ0n) is 15.7. The summed E-state index contributed by atoms with van der Waals surface area (Å²) in [6.45, 7) is 3.71. The van der Waals surface area contributed by atoms with Gasteiger partial charge in [-0.05, 0) is 37.8 Å². The van der Waals surface area contributed by atoms with Crippen LogP contribution in [0.2, 0.25) is 0 Å². The van der Waals surface area contributed by atoms with Crippen molar-refractivity contribution in [3.8, 4) is 0 Å². The van der Waals surface area contributed by atoms with Crippen LogP contribution in [0, 0.1) is 5.41 Å². The van der Waals surface area contributed by atoms with Crippen LogP contribution in [0.25, 0.3) is 0 Å². The topological polar surface area (TPSA) is 57.7 Å². The largest absolute Gasteiger partial charge is 0.333 e. The lowest BCUT2D eigenvalue weighted by Gasteiger charge is -2.40. The Bertz CT molecular complexity index is 764. The Morgan fingerprint density at radius 2 is 1.04 bits per heavy atom. The molecule has 27 heavy (non-hydrogen) atoms. The molecule has 1 fully saturated rings. The molecule has 140 valence electrons. The highest BCUT2D eigenvalue weighted by Gasteiger charge is 2.50. The van der Waals surface area contributed by atoms with E-state index in [1.807, 2.05) is 60.7 Å². The fraction of sp³-hybridized carbons (Fsp3) is 0.318. The maximum Gasteiger partial charge on any atom is 0.333 e. The van der Waals surface area contributed by atoms with E-state index in [1.165, 1.54) is 9.80 Å². The molecule has 4 amide bonds. The molecule has 3 rings (SSSR count). The number of benzene rings is 2. The predicted octanol–water partition coefficient (Wildman–Crippen LogP) is 3.29. The van der Waals surface area contributed by atoms with Crippen LogP contribution in [0.15, 0.2) is 60.7 Å². The van der Waals surface area contributed by atoms with Gasteiger partial charge in [-0.3, -0.25) is 19.4 Å². The van der Waals surface area contributed by atoms with Gasteiger partial charge in [-0.25, -0.2) is 4.79 Å². The van der Waals surface area contributed by atoms with Gasteiger partial charge in [0, 0.05) is 13.1 Å². The Hall–Kier alpha value is -2.95. The van der Waals surface area contributed by atoms with Gasteiger partial charge >= 0.3 is 6.03 Å². The Kier molecular flexibility index (Phi) is 5.40. The SMILES string of the molecule is CC1(C)C(=O)N(CCc2ccccc2)C(=O)N(CCc2ccccc2)C1=O. The standard InChI is InChI=1S/C22H24N2O3/c1-22(2)19(25)23(15-13-17-9-5-3-6-10-17)21(27)24(20(22)26)16-14-18-11-7-4-8-12-18/h3-12H,13-16H2,1-2H3. The third-order valence-electron chi connectivity index (χ3n) is 4.96. The van der Waals surface area contributed by atoms with Crippen molar-refractivity contribution in [3.05, 3.63) is 71.8 Å². The van der Waals surface area contributed by atoms with Crippen LogP contribution in [-0.4, -0.2) is 40.7 Å². The van der Waals surface area contributed by atoms with Crippen LogP contribution >= 0.6 is 0 Å². The minimum atomic E-state index is -1.23. The summed E-state index contributed by atoms with van der Waals surface area (Å²) in [5.41, 5.74) is 0.855. The predicted molar refractivity (Wildman–Crippen MR) is 103 cm³/mol. The zero-order valence-corrected chi connectivity index (χ0v) is 15.7.